The average Bonchev–Trinajstić information content (AvgIpc) is 3.35. The van der Waals surface area contributed by atoms with Crippen LogP contribution in [0, 0.1) is 56.2 Å². The fourth-order valence-corrected chi connectivity index (χ4v) is 12.8. The van der Waals surface area contributed by atoms with Crippen LogP contribution in [-0.4, -0.2) is 39.7 Å². The van der Waals surface area contributed by atoms with E-state index in [1.807, 2.05) is 12.1 Å². The fourth-order valence-electron chi connectivity index (χ4n) is 12.8. The zero-order valence-corrected chi connectivity index (χ0v) is 32.1. The second kappa shape index (κ2) is 12.4. The average molecular weight is 688 g/mol. The first-order chi connectivity index (χ1) is 23.2. The van der Waals surface area contributed by atoms with Crippen LogP contribution >= 0.6 is 0 Å². The molecule has 274 valence electrons. The number of allylic oxidation sites excluding steroid dienone is 2. The Morgan fingerprint density at radius 3 is 2.24 bits per heavy atom. The zero-order valence-electron chi connectivity index (χ0n) is 32.1. The molecule has 6 rings (SSSR count). The zero-order chi connectivity index (χ0) is 36.7. The highest BCUT2D eigenvalue weighted by Gasteiger charge is 2.70. The van der Waals surface area contributed by atoms with E-state index in [9.17, 15) is 24.3 Å². The van der Waals surface area contributed by atoms with Crippen molar-refractivity contribution in [1.82, 2.24) is 4.98 Å². The minimum atomic E-state index is -1.16. The molecule has 0 spiro atoms. The molecule has 0 aliphatic heterocycles. The van der Waals surface area contributed by atoms with Crippen molar-refractivity contribution in [2.45, 2.75) is 145 Å². The number of hydrogen-bond acceptors (Lipinski definition) is 6. The second-order valence-electron chi connectivity index (χ2n) is 19.3. The number of ketones is 2. The van der Waals surface area contributed by atoms with Gasteiger partial charge in [-0.05, 0) is 140 Å². The van der Waals surface area contributed by atoms with Crippen molar-refractivity contribution >= 4 is 23.5 Å². The van der Waals surface area contributed by atoms with Crippen LogP contribution < -0.4 is 0 Å². The number of fused-ring (bicyclic) bond motifs is 7. The first-order valence-electron chi connectivity index (χ1n) is 19.4. The molecule has 7 heteroatoms. The number of esters is 1. The summed E-state index contributed by atoms with van der Waals surface area (Å²) in [5, 5.41) is 9.59. The van der Waals surface area contributed by atoms with Crippen molar-refractivity contribution in [2.75, 3.05) is 0 Å². The summed E-state index contributed by atoms with van der Waals surface area (Å²) in [6, 6.07) is 3.97. The summed E-state index contributed by atoms with van der Waals surface area (Å²) >= 11 is 0. The smallest absolute Gasteiger partial charge is 0.309 e. The monoisotopic (exact) mass is 687 g/mol. The van der Waals surface area contributed by atoms with Gasteiger partial charge in [0, 0.05) is 30.7 Å². The second-order valence-corrected chi connectivity index (χ2v) is 19.3. The number of pyridine rings is 1. The lowest BCUT2D eigenvalue weighted by atomic mass is 9.33. The Balaban J connectivity index is 1.29. The maximum absolute atomic E-state index is 14.5. The molecule has 5 aliphatic rings. The molecule has 0 aromatic carbocycles. The molecular formula is C43H61NO6. The van der Waals surface area contributed by atoms with E-state index in [0.717, 1.165) is 62.5 Å². The maximum atomic E-state index is 14.5. The van der Waals surface area contributed by atoms with Crippen molar-refractivity contribution < 1.29 is 29.0 Å². The van der Waals surface area contributed by atoms with Gasteiger partial charge in [-0.25, -0.2) is 0 Å². The van der Waals surface area contributed by atoms with Gasteiger partial charge in [0.1, 0.15) is 11.9 Å². The van der Waals surface area contributed by atoms with E-state index in [0.29, 0.717) is 31.1 Å². The topological polar surface area (TPSA) is 111 Å². The molecule has 4 fully saturated rings. The van der Waals surface area contributed by atoms with Gasteiger partial charge in [-0.1, -0.05) is 48.5 Å². The van der Waals surface area contributed by atoms with E-state index in [1.54, 1.807) is 26.2 Å². The van der Waals surface area contributed by atoms with E-state index in [4.69, 9.17) is 4.74 Å². The molecule has 7 nitrogen and oxygen atoms in total. The molecule has 4 saturated carbocycles. The first kappa shape index (κ1) is 36.9. The fraction of sp³-hybridized carbons (Fsp3) is 0.744. The molecule has 5 aliphatic carbocycles. The molecule has 1 aromatic heterocycles. The highest BCUT2D eigenvalue weighted by Crippen LogP contribution is 2.77. The SMILES string of the molecule is CC(C)C1=C2[C@H]3CC[C@@H]4[C@@]5(C)CC[C@H](OC(=O)CC(C)(C)C(=O)O)C(C)(C)[C@@H]5CC[C@@]4(C)[C@]3(C)CC[C@@]2(C(=O)CCc2ccncc2)CC1=O. The summed E-state index contributed by atoms with van der Waals surface area (Å²) in [6.07, 6.45) is 12.3. The molecule has 0 bridgehead atoms. The minimum Gasteiger partial charge on any atom is -0.481 e. The molecule has 1 heterocycles. The maximum Gasteiger partial charge on any atom is 0.309 e. The number of nitrogens with zero attached hydrogens (tertiary/aromatic N) is 1. The number of ether oxygens (including phenoxy) is 1. The predicted octanol–water partition coefficient (Wildman–Crippen LogP) is 8.98. The Hall–Kier alpha value is -2.83. The number of carboxylic acids is 1. The van der Waals surface area contributed by atoms with Gasteiger partial charge in [0.2, 0.25) is 0 Å². The summed E-state index contributed by atoms with van der Waals surface area (Å²) in [4.78, 5) is 57.4. The first-order valence-corrected chi connectivity index (χ1v) is 19.4. The van der Waals surface area contributed by atoms with Crippen LogP contribution in [0.15, 0.2) is 35.7 Å². The summed E-state index contributed by atoms with van der Waals surface area (Å²) in [5.74, 6) is 0.181. The van der Waals surface area contributed by atoms with Crippen LogP contribution in [0.2, 0.25) is 0 Å². The van der Waals surface area contributed by atoms with Gasteiger partial charge in [0.15, 0.2) is 5.78 Å². The van der Waals surface area contributed by atoms with Gasteiger partial charge in [0.25, 0.3) is 0 Å². The van der Waals surface area contributed by atoms with Gasteiger partial charge >= 0.3 is 11.9 Å². The Labute approximate surface area is 299 Å². The van der Waals surface area contributed by atoms with Crippen molar-refractivity contribution in [3.05, 3.63) is 41.2 Å². The number of rotatable bonds is 9. The highest BCUT2D eigenvalue weighted by atomic mass is 16.5. The quantitative estimate of drug-likeness (QED) is 0.258. The van der Waals surface area contributed by atoms with Gasteiger partial charge in [-0.3, -0.25) is 24.2 Å². The lowest BCUT2D eigenvalue weighted by molar-refractivity contribution is -0.233. The van der Waals surface area contributed by atoms with Crippen LogP contribution in [0.3, 0.4) is 0 Å². The lowest BCUT2D eigenvalue weighted by Crippen LogP contribution is -2.66. The lowest BCUT2D eigenvalue weighted by Gasteiger charge is -2.72. The largest absolute Gasteiger partial charge is 0.481 e. The number of aryl methyl sites for hydroxylation is 1. The summed E-state index contributed by atoms with van der Waals surface area (Å²) < 4.78 is 6.15. The highest BCUT2D eigenvalue weighted by molar-refractivity contribution is 6.07. The molecule has 8 atom stereocenters. The van der Waals surface area contributed by atoms with Crippen molar-refractivity contribution in [3.63, 3.8) is 0 Å². The number of carbonyl (C=O) groups is 4. The van der Waals surface area contributed by atoms with Crippen molar-refractivity contribution in [3.8, 4) is 0 Å². The molecule has 0 amide bonds. The number of aliphatic carboxylic acids is 1. The van der Waals surface area contributed by atoms with Crippen molar-refractivity contribution in [1.29, 1.82) is 0 Å². The third kappa shape index (κ3) is 5.45. The van der Waals surface area contributed by atoms with E-state index in [1.165, 1.54) is 5.57 Å². The van der Waals surface area contributed by atoms with Crippen LogP contribution in [-0.2, 0) is 30.3 Å². The van der Waals surface area contributed by atoms with Crippen LogP contribution in [0.5, 0.6) is 0 Å². The van der Waals surface area contributed by atoms with E-state index < -0.39 is 22.8 Å². The van der Waals surface area contributed by atoms with Gasteiger partial charge in [0.05, 0.1) is 17.3 Å². The van der Waals surface area contributed by atoms with E-state index >= 15 is 0 Å². The molecule has 0 unspecified atom stereocenters. The Bertz CT molecular complexity index is 1590. The number of aromatic nitrogens is 1. The van der Waals surface area contributed by atoms with Gasteiger partial charge < -0.3 is 9.84 Å². The van der Waals surface area contributed by atoms with E-state index in [-0.39, 0.29) is 57.6 Å². The summed E-state index contributed by atoms with van der Waals surface area (Å²) in [6.45, 7) is 19.5. The minimum absolute atomic E-state index is 0.0330. The number of carboxylic acid groups (broad SMARTS) is 1. The van der Waals surface area contributed by atoms with Gasteiger partial charge in [-0.15, -0.1) is 0 Å². The van der Waals surface area contributed by atoms with Gasteiger partial charge in [-0.2, -0.15) is 0 Å². The molecule has 0 saturated heterocycles. The molecule has 0 radical (unpaired) electrons. The number of Topliss-reactive ketones (excluding diaryl/α,β-unsaturated/α-hetero) is 2. The number of hydrogen-bond donors (Lipinski definition) is 1. The van der Waals surface area contributed by atoms with Crippen LogP contribution in [0.1, 0.15) is 139 Å². The molecule has 50 heavy (non-hydrogen) atoms. The standard InChI is InChI=1S/C43H61NO6/c1-26(2)35-29(45)24-43(32(46)13-10-27-16-22-44-23-17-27)21-20-41(8)28(36(35)43)11-12-31-40(7)18-15-33(50-34(47)25-38(3,4)37(48)49)39(5,6)30(40)14-19-42(31,41)9/h16-17,22-23,26,28,30-31,33H,10-15,18-21,24-25H2,1-9H3,(H,48,49)/t28-,30+,31-,33+,40+,41-,42-,43+/m1/s1. The third-order valence-corrected chi connectivity index (χ3v) is 15.7. The molecule has 1 N–H and O–H groups in total. The Morgan fingerprint density at radius 1 is 0.920 bits per heavy atom. The molecular weight excluding hydrogens is 626 g/mol. The summed E-state index contributed by atoms with van der Waals surface area (Å²) in [5.41, 5.74) is 1.27. The predicted molar refractivity (Wildman–Crippen MR) is 193 cm³/mol. The van der Waals surface area contributed by atoms with Crippen LogP contribution in [0.4, 0.5) is 0 Å². The van der Waals surface area contributed by atoms with E-state index in [2.05, 4.69) is 53.5 Å². The Morgan fingerprint density at radius 2 is 1.60 bits per heavy atom. The molecule has 1 aromatic rings. The van der Waals surface area contributed by atoms with Crippen molar-refractivity contribution in [2.24, 2.45) is 56.2 Å². The number of carbonyl (C=O) groups excluding carboxylic acids is 3. The normalized spacial score (nSPS) is 37.8. The Kier molecular flexibility index (Phi) is 9.16. The van der Waals surface area contributed by atoms with Crippen LogP contribution in [0.25, 0.3) is 0 Å². The third-order valence-electron chi connectivity index (χ3n) is 15.7. The summed E-state index contributed by atoms with van der Waals surface area (Å²) in [7, 11) is 0.